The van der Waals surface area contributed by atoms with Crippen LogP contribution in [0.25, 0.3) is 0 Å². The second-order valence-corrected chi connectivity index (χ2v) is 6.21. The molecule has 24 heavy (non-hydrogen) atoms. The number of carbonyl (C=O) groups excluding carboxylic acids is 1. The fourth-order valence-corrected chi connectivity index (χ4v) is 3.55. The third-order valence-corrected chi connectivity index (χ3v) is 4.78. The molecule has 1 aromatic carbocycles. The quantitative estimate of drug-likeness (QED) is 0.884. The second kappa shape index (κ2) is 7.43. The molecule has 1 heterocycles. The van der Waals surface area contributed by atoms with Crippen LogP contribution in [0.2, 0.25) is 0 Å². The molecule has 2 atom stereocenters. The van der Waals surface area contributed by atoms with E-state index in [2.05, 4.69) is 28.8 Å². The predicted molar refractivity (Wildman–Crippen MR) is 92.6 cm³/mol. The van der Waals surface area contributed by atoms with Crippen LogP contribution in [0.3, 0.4) is 0 Å². The number of carbonyl (C=O) groups is 1. The molecule has 0 bridgehead atoms. The monoisotopic (exact) mass is 328 g/mol. The Morgan fingerprint density at radius 1 is 1.38 bits per heavy atom. The molecule has 5 nitrogen and oxygen atoms in total. The normalized spacial score (nSPS) is 19.4. The molecule has 2 N–H and O–H groups in total. The highest BCUT2D eigenvalue weighted by Crippen LogP contribution is 2.42. The van der Waals surface area contributed by atoms with Crippen molar-refractivity contribution in [2.45, 2.75) is 31.1 Å². The molecular weight excluding hydrogens is 304 g/mol. The van der Waals surface area contributed by atoms with E-state index in [1.165, 1.54) is 11.1 Å². The molecule has 0 fully saturated rings. The zero-order valence-electron chi connectivity index (χ0n) is 14.2. The number of urea groups is 1. The molecule has 2 aromatic rings. The summed E-state index contributed by atoms with van der Waals surface area (Å²) < 4.78 is 11.0. The summed E-state index contributed by atoms with van der Waals surface area (Å²) in [6, 6.07) is 10.2. The standard InChI is InChI=1S/C19H24N2O3/c1-20-19(22)21-8-7-14-11-15(18-4-3-9-24-18)10-13-5-6-16(23-2)12-17(13)14/h3-6,9,12,14-15H,7-8,10-11H2,1-2H3,(H2,20,21,22). The number of ether oxygens (including phenoxy) is 1. The molecule has 1 aliphatic carbocycles. The van der Waals surface area contributed by atoms with Crippen molar-refractivity contribution in [3.8, 4) is 5.75 Å². The van der Waals surface area contributed by atoms with Crippen LogP contribution < -0.4 is 15.4 Å². The maximum atomic E-state index is 11.4. The maximum Gasteiger partial charge on any atom is 0.314 e. The Morgan fingerprint density at radius 3 is 2.96 bits per heavy atom. The van der Waals surface area contributed by atoms with Crippen molar-refractivity contribution in [2.24, 2.45) is 0 Å². The van der Waals surface area contributed by atoms with Gasteiger partial charge in [-0.05, 0) is 60.6 Å². The van der Waals surface area contributed by atoms with Crippen LogP contribution in [0.4, 0.5) is 4.79 Å². The number of amides is 2. The van der Waals surface area contributed by atoms with Crippen LogP contribution in [0.15, 0.2) is 41.0 Å². The number of fused-ring (bicyclic) bond motifs is 1. The van der Waals surface area contributed by atoms with Gasteiger partial charge in [-0.3, -0.25) is 0 Å². The van der Waals surface area contributed by atoms with Crippen LogP contribution in [0, 0.1) is 0 Å². The van der Waals surface area contributed by atoms with Crippen LogP contribution in [-0.4, -0.2) is 26.7 Å². The van der Waals surface area contributed by atoms with Crippen LogP contribution in [0.1, 0.15) is 41.6 Å². The molecule has 0 saturated carbocycles. The van der Waals surface area contributed by atoms with E-state index in [0.29, 0.717) is 18.4 Å². The zero-order valence-corrected chi connectivity index (χ0v) is 14.2. The molecule has 3 rings (SSSR count). The largest absolute Gasteiger partial charge is 0.497 e. The molecule has 1 aliphatic rings. The third-order valence-electron chi connectivity index (χ3n) is 4.78. The molecule has 0 saturated heterocycles. The summed E-state index contributed by atoms with van der Waals surface area (Å²) in [4.78, 5) is 11.4. The van der Waals surface area contributed by atoms with Gasteiger partial charge in [0.25, 0.3) is 0 Å². The molecule has 5 heteroatoms. The summed E-state index contributed by atoms with van der Waals surface area (Å²) in [5.74, 6) is 2.68. The lowest BCUT2D eigenvalue weighted by Crippen LogP contribution is -2.34. The average Bonchev–Trinajstić information content (AvgIpc) is 3.15. The SMILES string of the molecule is CNC(=O)NCCC1CC(c2ccco2)Cc2ccc(OC)cc21. The van der Waals surface area contributed by atoms with Crippen molar-refractivity contribution in [3.63, 3.8) is 0 Å². The number of methoxy groups -OCH3 is 1. The lowest BCUT2D eigenvalue weighted by Gasteiger charge is -2.31. The van der Waals surface area contributed by atoms with Gasteiger partial charge in [0.2, 0.25) is 0 Å². The first-order valence-electron chi connectivity index (χ1n) is 8.37. The van der Waals surface area contributed by atoms with Gasteiger partial charge in [0.15, 0.2) is 0 Å². The molecular formula is C19H24N2O3. The molecule has 1 aromatic heterocycles. The minimum absolute atomic E-state index is 0.140. The highest BCUT2D eigenvalue weighted by molar-refractivity contribution is 5.73. The highest BCUT2D eigenvalue weighted by Gasteiger charge is 2.29. The molecule has 0 aliphatic heterocycles. The van der Waals surface area contributed by atoms with E-state index in [1.807, 2.05) is 12.1 Å². The van der Waals surface area contributed by atoms with Gasteiger partial charge >= 0.3 is 6.03 Å². The Kier molecular flexibility index (Phi) is 5.08. The van der Waals surface area contributed by atoms with Gasteiger partial charge in [0, 0.05) is 19.5 Å². The second-order valence-electron chi connectivity index (χ2n) is 6.21. The number of furan rings is 1. The Balaban J connectivity index is 1.80. The Hall–Kier alpha value is -2.43. The van der Waals surface area contributed by atoms with Crippen LogP contribution in [0.5, 0.6) is 5.75 Å². The fourth-order valence-electron chi connectivity index (χ4n) is 3.55. The van der Waals surface area contributed by atoms with Crippen molar-refractivity contribution in [1.82, 2.24) is 10.6 Å². The fraction of sp³-hybridized carbons (Fsp3) is 0.421. The molecule has 0 radical (unpaired) electrons. The van der Waals surface area contributed by atoms with Gasteiger partial charge < -0.3 is 19.8 Å². The lowest BCUT2D eigenvalue weighted by atomic mass is 9.74. The molecule has 2 amide bonds. The van der Waals surface area contributed by atoms with Gasteiger partial charge in [0.1, 0.15) is 11.5 Å². The summed E-state index contributed by atoms with van der Waals surface area (Å²) in [5, 5.41) is 5.47. The lowest BCUT2D eigenvalue weighted by molar-refractivity contribution is 0.242. The summed E-state index contributed by atoms with van der Waals surface area (Å²) in [6.45, 7) is 0.645. The Morgan fingerprint density at radius 2 is 2.25 bits per heavy atom. The van der Waals surface area contributed by atoms with Crippen LogP contribution >= 0.6 is 0 Å². The van der Waals surface area contributed by atoms with Crippen LogP contribution in [-0.2, 0) is 6.42 Å². The van der Waals surface area contributed by atoms with E-state index in [1.54, 1.807) is 20.4 Å². The van der Waals surface area contributed by atoms with Crippen molar-refractivity contribution in [3.05, 3.63) is 53.5 Å². The highest BCUT2D eigenvalue weighted by atomic mass is 16.5. The first kappa shape index (κ1) is 16.4. The number of rotatable bonds is 5. The van der Waals surface area contributed by atoms with E-state index >= 15 is 0 Å². The molecule has 128 valence electrons. The van der Waals surface area contributed by atoms with E-state index in [9.17, 15) is 4.79 Å². The Bertz CT molecular complexity index is 682. The average molecular weight is 328 g/mol. The van der Waals surface area contributed by atoms with Gasteiger partial charge in [-0.1, -0.05) is 6.07 Å². The molecule has 0 spiro atoms. The first-order chi connectivity index (χ1) is 11.7. The summed E-state index contributed by atoms with van der Waals surface area (Å²) >= 11 is 0. The first-order valence-corrected chi connectivity index (χ1v) is 8.37. The van der Waals surface area contributed by atoms with Crippen molar-refractivity contribution >= 4 is 6.03 Å². The number of hydrogen-bond acceptors (Lipinski definition) is 3. The minimum atomic E-state index is -0.140. The number of benzene rings is 1. The van der Waals surface area contributed by atoms with Gasteiger partial charge in [0.05, 0.1) is 13.4 Å². The van der Waals surface area contributed by atoms with Gasteiger partial charge in [-0.25, -0.2) is 4.79 Å². The maximum absolute atomic E-state index is 11.4. The van der Waals surface area contributed by atoms with E-state index in [0.717, 1.165) is 30.8 Å². The van der Waals surface area contributed by atoms with E-state index in [-0.39, 0.29) is 6.03 Å². The van der Waals surface area contributed by atoms with E-state index in [4.69, 9.17) is 9.15 Å². The van der Waals surface area contributed by atoms with E-state index < -0.39 is 0 Å². The van der Waals surface area contributed by atoms with Crippen molar-refractivity contribution in [1.29, 1.82) is 0 Å². The van der Waals surface area contributed by atoms with Crippen molar-refractivity contribution in [2.75, 3.05) is 20.7 Å². The molecule has 2 unspecified atom stereocenters. The summed E-state index contributed by atoms with van der Waals surface area (Å²) in [5.41, 5.74) is 2.67. The number of hydrogen-bond donors (Lipinski definition) is 2. The summed E-state index contributed by atoms with van der Waals surface area (Å²) in [6.07, 6.45) is 4.63. The predicted octanol–water partition coefficient (Wildman–Crippen LogP) is 3.42. The Labute approximate surface area is 142 Å². The van der Waals surface area contributed by atoms with Crippen molar-refractivity contribution < 1.29 is 13.9 Å². The third kappa shape index (κ3) is 3.55. The van der Waals surface area contributed by atoms with Gasteiger partial charge in [-0.15, -0.1) is 0 Å². The summed E-state index contributed by atoms with van der Waals surface area (Å²) in [7, 11) is 3.32. The smallest absolute Gasteiger partial charge is 0.314 e. The van der Waals surface area contributed by atoms with Gasteiger partial charge in [-0.2, -0.15) is 0 Å². The topological polar surface area (TPSA) is 63.5 Å². The minimum Gasteiger partial charge on any atom is -0.497 e. The zero-order chi connectivity index (χ0) is 16.9. The number of nitrogens with one attached hydrogen (secondary N) is 2.